The predicted molar refractivity (Wildman–Crippen MR) is 110 cm³/mol. The molecule has 0 aliphatic rings. The number of nitrogens with zero attached hydrogens (tertiary/aromatic N) is 3. The Morgan fingerprint density at radius 1 is 1.07 bits per heavy atom. The van der Waals surface area contributed by atoms with E-state index in [4.69, 9.17) is 4.74 Å². The number of ether oxygens (including phenoxy) is 1. The third-order valence-electron chi connectivity index (χ3n) is 4.28. The molecule has 28 heavy (non-hydrogen) atoms. The van der Waals surface area contributed by atoms with Gasteiger partial charge in [-0.05, 0) is 67.4 Å². The number of rotatable bonds is 8. The molecule has 0 saturated heterocycles. The molecule has 2 heterocycles. The number of aromatic nitrogens is 2. The van der Waals surface area contributed by atoms with E-state index >= 15 is 0 Å². The van der Waals surface area contributed by atoms with E-state index in [0.717, 1.165) is 23.4 Å². The first-order valence-electron chi connectivity index (χ1n) is 9.26. The van der Waals surface area contributed by atoms with Crippen molar-refractivity contribution in [2.75, 3.05) is 25.5 Å². The van der Waals surface area contributed by atoms with Crippen LogP contribution < -0.4 is 10.1 Å². The van der Waals surface area contributed by atoms with Crippen LogP contribution in [0.2, 0.25) is 0 Å². The van der Waals surface area contributed by atoms with Crippen LogP contribution in [0.5, 0.6) is 5.75 Å². The van der Waals surface area contributed by atoms with E-state index in [1.807, 2.05) is 43.3 Å². The number of benzene rings is 1. The first-order valence-corrected chi connectivity index (χ1v) is 9.26. The number of likely N-dealkylation sites (N-methyl/N-ethyl adjacent to an activating group) is 1. The third kappa shape index (κ3) is 5.30. The molecule has 1 N–H and O–H groups in total. The lowest BCUT2D eigenvalue weighted by Crippen LogP contribution is -2.28. The molecule has 1 aromatic carbocycles. The number of carbonyl (C=O) groups excluding carboxylic acids is 1. The molecule has 0 saturated carbocycles. The zero-order valence-electron chi connectivity index (χ0n) is 16.1. The summed E-state index contributed by atoms with van der Waals surface area (Å²) in [6.07, 6.45) is 5.91. The van der Waals surface area contributed by atoms with Gasteiger partial charge in [-0.2, -0.15) is 0 Å². The minimum atomic E-state index is -0.0471. The zero-order valence-corrected chi connectivity index (χ0v) is 16.1. The van der Waals surface area contributed by atoms with E-state index in [-0.39, 0.29) is 5.91 Å². The van der Waals surface area contributed by atoms with Gasteiger partial charge in [0.15, 0.2) is 0 Å². The maximum atomic E-state index is 12.6. The SMILES string of the molecule is CCOc1ccc(Nc2ccc(C(=O)N(C)CCc3ccncc3)cn2)cc1. The van der Waals surface area contributed by atoms with Gasteiger partial charge in [0.1, 0.15) is 11.6 Å². The van der Waals surface area contributed by atoms with Crippen molar-refractivity contribution in [1.82, 2.24) is 14.9 Å². The van der Waals surface area contributed by atoms with Crippen molar-refractivity contribution in [3.8, 4) is 5.75 Å². The average molecular weight is 376 g/mol. The number of pyridine rings is 2. The van der Waals surface area contributed by atoms with E-state index < -0.39 is 0 Å². The first kappa shape index (κ1) is 19.4. The lowest BCUT2D eigenvalue weighted by molar-refractivity contribution is 0.0796. The standard InChI is InChI=1S/C22H24N4O2/c1-3-28-20-7-5-19(6-8-20)25-21-9-4-18(16-24-21)22(27)26(2)15-12-17-10-13-23-14-11-17/h4-11,13-14,16H,3,12,15H2,1-2H3,(H,24,25). The van der Waals surface area contributed by atoms with Crippen molar-refractivity contribution in [3.05, 3.63) is 78.2 Å². The van der Waals surface area contributed by atoms with Crippen molar-refractivity contribution in [1.29, 1.82) is 0 Å². The Balaban J connectivity index is 1.56. The molecule has 0 aliphatic carbocycles. The Morgan fingerprint density at radius 3 is 2.46 bits per heavy atom. The summed E-state index contributed by atoms with van der Waals surface area (Å²) in [5.41, 5.74) is 2.63. The number of hydrogen-bond acceptors (Lipinski definition) is 5. The molecule has 6 heteroatoms. The molecule has 0 fully saturated rings. The molecule has 2 aromatic heterocycles. The lowest BCUT2D eigenvalue weighted by atomic mass is 10.2. The quantitative estimate of drug-likeness (QED) is 0.645. The van der Waals surface area contributed by atoms with Crippen LogP contribution >= 0.6 is 0 Å². The number of hydrogen-bond donors (Lipinski definition) is 1. The summed E-state index contributed by atoms with van der Waals surface area (Å²) >= 11 is 0. The van der Waals surface area contributed by atoms with Crippen molar-refractivity contribution < 1.29 is 9.53 Å². The molecule has 1 amide bonds. The highest BCUT2D eigenvalue weighted by Gasteiger charge is 2.12. The second-order valence-electron chi connectivity index (χ2n) is 6.35. The van der Waals surface area contributed by atoms with Crippen LogP contribution in [0, 0.1) is 0 Å². The van der Waals surface area contributed by atoms with Gasteiger partial charge in [-0.3, -0.25) is 9.78 Å². The molecule has 0 bridgehead atoms. The summed E-state index contributed by atoms with van der Waals surface area (Å²) in [6.45, 7) is 3.23. The van der Waals surface area contributed by atoms with E-state index in [2.05, 4.69) is 15.3 Å². The van der Waals surface area contributed by atoms with Gasteiger partial charge in [0, 0.05) is 37.9 Å². The van der Waals surface area contributed by atoms with Gasteiger partial charge in [0.2, 0.25) is 0 Å². The molecular formula is C22H24N4O2. The Labute approximate surface area is 165 Å². The number of nitrogens with one attached hydrogen (secondary N) is 1. The van der Waals surface area contributed by atoms with Gasteiger partial charge in [-0.1, -0.05) is 0 Å². The number of amides is 1. The molecule has 3 rings (SSSR count). The van der Waals surface area contributed by atoms with Crippen molar-refractivity contribution in [2.24, 2.45) is 0 Å². The fourth-order valence-electron chi connectivity index (χ4n) is 2.71. The molecule has 0 aliphatic heterocycles. The predicted octanol–water partition coefficient (Wildman–Crippen LogP) is 3.93. The van der Waals surface area contributed by atoms with E-state index in [9.17, 15) is 4.79 Å². The molecule has 6 nitrogen and oxygen atoms in total. The van der Waals surface area contributed by atoms with Gasteiger partial charge in [-0.15, -0.1) is 0 Å². The molecule has 0 spiro atoms. The molecule has 144 valence electrons. The molecule has 3 aromatic rings. The van der Waals surface area contributed by atoms with Gasteiger partial charge in [0.25, 0.3) is 5.91 Å². The second kappa shape index (κ2) is 9.50. The van der Waals surface area contributed by atoms with Crippen LogP contribution in [0.3, 0.4) is 0 Å². The summed E-state index contributed by atoms with van der Waals surface area (Å²) in [5, 5.41) is 3.22. The molecular weight excluding hydrogens is 352 g/mol. The summed E-state index contributed by atoms with van der Waals surface area (Å²) in [6, 6.07) is 15.2. The second-order valence-corrected chi connectivity index (χ2v) is 6.35. The van der Waals surface area contributed by atoms with Gasteiger partial charge >= 0.3 is 0 Å². The normalized spacial score (nSPS) is 10.4. The fourth-order valence-corrected chi connectivity index (χ4v) is 2.71. The van der Waals surface area contributed by atoms with Crippen LogP contribution in [-0.2, 0) is 6.42 Å². The van der Waals surface area contributed by atoms with Gasteiger partial charge < -0.3 is 15.0 Å². The minimum Gasteiger partial charge on any atom is -0.494 e. The highest BCUT2D eigenvalue weighted by atomic mass is 16.5. The maximum absolute atomic E-state index is 12.6. The molecule has 0 radical (unpaired) electrons. The maximum Gasteiger partial charge on any atom is 0.255 e. The van der Waals surface area contributed by atoms with Gasteiger partial charge in [0.05, 0.1) is 12.2 Å². The lowest BCUT2D eigenvalue weighted by Gasteiger charge is -2.17. The van der Waals surface area contributed by atoms with E-state index in [1.165, 1.54) is 0 Å². The average Bonchev–Trinajstić information content (AvgIpc) is 2.74. The van der Waals surface area contributed by atoms with Crippen molar-refractivity contribution in [3.63, 3.8) is 0 Å². The third-order valence-corrected chi connectivity index (χ3v) is 4.28. The Bertz CT molecular complexity index is 881. The van der Waals surface area contributed by atoms with Crippen molar-refractivity contribution in [2.45, 2.75) is 13.3 Å². The van der Waals surface area contributed by atoms with Crippen LogP contribution in [0.1, 0.15) is 22.8 Å². The summed E-state index contributed by atoms with van der Waals surface area (Å²) in [5.74, 6) is 1.46. The number of carbonyl (C=O) groups is 1. The van der Waals surface area contributed by atoms with Crippen LogP contribution in [0.15, 0.2) is 67.1 Å². The highest BCUT2D eigenvalue weighted by Crippen LogP contribution is 2.19. The van der Waals surface area contributed by atoms with Crippen LogP contribution in [0.25, 0.3) is 0 Å². The Hall–Kier alpha value is -3.41. The van der Waals surface area contributed by atoms with E-state index in [0.29, 0.717) is 24.5 Å². The largest absolute Gasteiger partial charge is 0.494 e. The van der Waals surface area contributed by atoms with Crippen LogP contribution in [-0.4, -0.2) is 41.0 Å². The Kier molecular flexibility index (Phi) is 6.57. The molecule has 0 atom stereocenters. The van der Waals surface area contributed by atoms with Crippen LogP contribution in [0.4, 0.5) is 11.5 Å². The monoisotopic (exact) mass is 376 g/mol. The van der Waals surface area contributed by atoms with E-state index in [1.54, 1.807) is 42.7 Å². The molecule has 0 unspecified atom stereocenters. The fraction of sp³-hybridized carbons (Fsp3) is 0.227. The summed E-state index contributed by atoms with van der Waals surface area (Å²) < 4.78 is 5.43. The summed E-state index contributed by atoms with van der Waals surface area (Å²) in [4.78, 5) is 22.6. The first-order chi connectivity index (χ1) is 13.7. The number of anilines is 2. The Morgan fingerprint density at radius 2 is 1.82 bits per heavy atom. The van der Waals surface area contributed by atoms with Crippen molar-refractivity contribution >= 4 is 17.4 Å². The van der Waals surface area contributed by atoms with Gasteiger partial charge in [-0.25, -0.2) is 4.98 Å². The topological polar surface area (TPSA) is 67.3 Å². The summed E-state index contributed by atoms with van der Waals surface area (Å²) in [7, 11) is 1.80. The highest BCUT2D eigenvalue weighted by molar-refractivity contribution is 5.94. The zero-order chi connectivity index (χ0) is 19.8. The minimum absolute atomic E-state index is 0.0471. The smallest absolute Gasteiger partial charge is 0.255 e.